The van der Waals surface area contributed by atoms with Crippen LogP contribution in [0.4, 0.5) is 0 Å². The molecule has 0 amide bonds. The maximum absolute atomic E-state index is 9.42. The Bertz CT molecular complexity index is 576. The average Bonchev–Trinajstić information content (AvgIpc) is 2.77. The summed E-state index contributed by atoms with van der Waals surface area (Å²) in [4.78, 5) is 4.33. The maximum atomic E-state index is 9.42. The summed E-state index contributed by atoms with van der Waals surface area (Å²) in [5.74, 6) is 1.07. The van der Waals surface area contributed by atoms with Gasteiger partial charge in [0.15, 0.2) is 5.75 Å². The van der Waals surface area contributed by atoms with E-state index in [0.29, 0.717) is 17.2 Å². The molecule has 0 bridgehead atoms. The van der Waals surface area contributed by atoms with Gasteiger partial charge in [0, 0.05) is 17.3 Å². The fourth-order valence-corrected chi connectivity index (χ4v) is 1.87. The van der Waals surface area contributed by atoms with Crippen molar-refractivity contribution in [2.45, 2.75) is 40.3 Å². The van der Waals surface area contributed by atoms with E-state index in [9.17, 15) is 5.11 Å². The second kappa shape index (κ2) is 5.40. The van der Waals surface area contributed by atoms with Crippen LogP contribution in [0.25, 0.3) is 0 Å². The van der Waals surface area contributed by atoms with Crippen molar-refractivity contribution in [3.05, 3.63) is 35.3 Å². The number of hydrogen-bond donors (Lipinski definition) is 1. The first-order valence-electron chi connectivity index (χ1n) is 6.31. The summed E-state index contributed by atoms with van der Waals surface area (Å²) in [7, 11) is 0. The number of pyridine rings is 1. The molecule has 102 valence electrons. The van der Waals surface area contributed by atoms with E-state index in [4.69, 9.17) is 4.74 Å². The SMILES string of the molecule is Cc1cc(C)c(CO)c(Oc2cnn(C(C)C)c2)n1. The maximum Gasteiger partial charge on any atom is 0.225 e. The minimum atomic E-state index is -0.0905. The highest BCUT2D eigenvalue weighted by molar-refractivity contribution is 5.37. The van der Waals surface area contributed by atoms with Crippen molar-refractivity contribution in [3.8, 4) is 11.6 Å². The summed E-state index contributed by atoms with van der Waals surface area (Å²) >= 11 is 0. The normalized spacial score (nSPS) is 11.1. The van der Waals surface area contributed by atoms with Gasteiger partial charge in [0.1, 0.15) is 0 Å². The first kappa shape index (κ1) is 13.5. The van der Waals surface area contributed by atoms with E-state index in [1.54, 1.807) is 6.20 Å². The Kier molecular flexibility index (Phi) is 3.85. The van der Waals surface area contributed by atoms with Gasteiger partial charge in [0.05, 0.1) is 19.0 Å². The summed E-state index contributed by atoms with van der Waals surface area (Å²) in [5.41, 5.74) is 2.55. The Morgan fingerprint density at radius 2 is 2.11 bits per heavy atom. The van der Waals surface area contributed by atoms with Crippen molar-refractivity contribution in [1.82, 2.24) is 14.8 Å². The smallest absolute Gasteiger partial charge is 0.225 e. The van der Waals surface area contributed by atoms with Crippen LogP contribution in [-0.2, 0) is 6.61 Å². The number of hydrogen-bond acceptors (Lipinski definition) is 4. The lowest BCUT2D eigenvalue weighted by Crippen LogP contribution is -2.00. The van der Waals surface area contributed by atoms with E-state index in [2.05, 4.69) is 10.1 Å². The zero-order chi connectivity index (χ0) is 14.0. The van der Waals surface area contributed by atoms with Gasteiger partial charge in [-0.3, -0.25) is 4.68 Å². The standard InChI is InChI=1S/C14H19N3O2/c1-9(2)17-7-12(6-15-17)19-14-13(8-18)10(3)5-11(4)16-14/h5-7,9,18H,8H2,1-4H3. The molecule has 0 saturated heterocycles. The van der Waals surface area contributed by atoms with Gasteiger partial charge < -0.3 is 9.84 Å². The van der Waals surface area contributed by atoms with E-state index in [1.807, 2.05) is 44.6 Å². The molecular weight excluding hydrogens is 242 g/mol. The fourth-order valence-electron chi connectivity index (χ4n) is 1.87. The molecule has 0 unspecified atom stereocenters. The van der Waals surface area contributed by atoms with Crippen molar-refractivity contribution in [1.29, 1.82) is 0 Å². The van der Waals surface area contributed by atoms with Crippen LogP contribution in [0.3, 0.4) is 0 Å². The van der Waals surface area contributed by atoms with Gasteiger partial charge in [-0.1, -0.05) is 0 Å². The molecule has 0 saturated carbocycles. The molecule has 0 radical (unpaired) electrons. The minimum absolute atomic E-state index is 0.0905. The largest absolute Gasteiger partial charge is 0.435 e. The number of aromatic nitrogens is 3. The molecule has 2 aromatic heterocycles. The molecule has 1 N–H and O–H groups in total. The molecule has 19 heavy (non-hydrogen) atoms. The van der Waals surface area contributed by atoms with Crippen molar-refractivity contribution in [2.24, 2.45) is 0 Å². The molecule has 5 heteroatoms. The van der Waals surface area contributed by atoms with Gasteiger partial charge >= 0.3 is 0 Å². The highest BCUT2D eigenvalue weighted by Gasteiger charge is 2.12. The molecule has 0 aliphatic rings. The van der Waals surface area contributed by atoms with E-state index in [0.717, 1.165) is 11.3 Å². The Balaban J connectivity index is 2.31. The molecule has 0 spiro atoms. The molecule has 0 fully saturated rings. The molecule has 2 heterocycles. The van der Waals surface area contributed by atoms with Crippen LogP contribution < -0.4 is 4.74 Å². The van der Waals surface area contributed by atoms with Crippen molar-refractivity contribution < 1.29 is 9.84 Å². The second-order valence-electron chi connectivity index (χ2n) is 4.87. The first-order valence-corrected chi connectivity index (χ1v) is 6.31. The summed E-state index contributed by atoms with van der Waals surface area (Å²) in [6.07, 6.45) is 3.48. The predicted molar refractivity (Wildman–Crippen MR) is 72.3 cm³/mol. The van der Waals surface area contributed by atoms with E-state index in [1.165, 1.54) is 0 Å². The number of ether oxygens (including phenoxy) is 1. The zero-order valence-corrected chi connectivity index (χ0v) is 11.7. The highest BCUT2D eigenvalue weighted by Crippen LogP contribution is 2.26. The monoisotopic (exact) mass is 261 g/mol. The minimum Gasteiger partial charge on any atom is -0.435 e. The third kappa shape index (κ3) is 2.93. The van der Waals surface area contributed by atoms with Gasteiger partial charge in [-0.2, -0.15) is 5.10 Å². The first-order chi connectivity index (χ1) is 9.01. The zero-order valence-electron chi connectivity index (χ0n) is 11.7. The van der Waals surface area contributed by atoms with E-state index >= 15 is 0 Å². The van der Waals surface area contributed by atoms with Crippen LogP contribution >= 0.6 is 0 Å². The lowest BCUT2D eigenvalue weighted by atomic mass is 10.1. The molecule has 0 aliphatic carbocycles. The molecular formula is C14H19N3O2. The molecule has 2 aromatic rings. The van der Waals surface area contributed by atoms with Crippen molar-refractivity contribution in [2.75, 3.05) is 0 Å². The topological polar surface area (TPSA) is 60.2 Å². The summed E-state index contributed by atoms with van der Waals surface area (Å²) in [6.45, 7) is 7.84. The molecule has 2 rings (SSSR count). The number of rotatable bonds is 4. The molecule has 0 atom stereocenters. The summed E-state index contributed by atoms with van der Waals surface area (Å²) in [6, 6.07) is 2.21. The van der Waals surface area contributed by atoms with Crippen LogP contribution in [0.2, 0.25) is 0 Å². The predicted octanol–water partition coefficient (Wildman–Crippen LogP) is 2.76. The van der Waals surface area contributed by atoms with Crippen LogP contribution in [0.5, 0.6) is 11.6 Å². The van der Waals surface area contributed by atoms with Crippen LogP contribution in [-0.4, -0.2) is 19.9 Å². The van der Waals surface area contributed by atoms with Gasteiger partial charge in [-0.05, 0) is 39.3 Å². The Labute approximate surface area is 112 Å². The summed E-state index contributed by atoms with van der Waals surface area (Å²) in [5, 5.41) is 13.6. The molecule has 0 aromatic carbocycles. The van der Waals surface area contributed by atoms with Gasteiger partial charge in [0.2, 0.25) is 5.88 Å². The number of aryl methyl sites for hydroxylation is 2. The number of aliphatic hydroxyl groups is 1. The third-order valence-electron chi connectivity index (χ3n) is 2.92. The van der Waals surface area contributed by atoms with Crippen molar-refractivity contribution >= 4 is 0 Å². The quantitative estimate of drug-likeness (QED) is 0.919. The van der Waals surface area contributed by atoms with E-state index < -0.39 is 0 Å². The van der Waals surface area contributed by atoms with Gasteiger partial charge in [-0.15, -0.1) is 0 Å². The lowest BCUT2D eigenvalue weighted by Gasteiger charge is -2.10. The number of nitrogens with zero attached hydrogens (tertiary/aromatic N) is 3. The van der Waals surface area contributed by atoms with Crippen LogP contribution in [0.1, 0.15) is 36.7 Å². The molecule has 0 aliphatic heterocycles. The van der Waals surface area contributed by atoms with Crippen molar-refractivity contribution in [3.63, 3.8) is 0 Å². The summed E-state index contributed by atoms with van der Waals surface area (Å²) < 4.78 is 7.55. The third-order valence-corrected chi connectivity index (χ3v) is 2.92. The van der Waals surface area contributed by atoms with Gasteiger partial charge in [-0.25, -0.2) is 4.98 Å². The van der Waals surface area contributed by atoms with Crippen LogP contribution in [0.15, 0.2) is 18.5 Å². The fraction of sp³-hybridized carbons (Fsp3) is 0.429. The second-order valence-corrected chi connectivity index (χ2v) is 4.87. The van der Waals surface area contributed by atoms with E-state index in [-0.39, 0.29) is 12.6 Å². The Morgan fingerprint density at radius 3 is 2.68 bits per heavy atom. The lowest BCUT2D eigenvalue weighted by molar-refractivity contribution is 0.274. The average molecular weight is 261 g/mol. The Hall–Kier alpha value is -1.88. The Morgan fingerprint density at radius 1 is 1.37 bits per heavy atom. The van der Waals surface area contributed by atoms with Gasteiger partial charge in [0.25, 0.3) is 0 Å². The highest BCUT2D eigenvalue weighted by atomic mass is 16.5. The number of aliphatic hydroxyl groups excluding tert-OH is 1. The van der Waals surface area contributed by atoms with Crippen LogP contribution in [0, 0.1) is 13.8 Å². The molecule has 5 nitrogen and oxygen atoms in total.